The van der Waals surface area contributed by atoms with E-state index in [0.29, 0.717) is 12.5 Å². The Bertz CT molecular complexity index is 581. The van der Waals surface area contributed by atoms with Crippen molar-refractivity contribution >= 4 is 34.4 Å². The minimum Gasteiger partial charge on any atom is -0.396 e. The van der Waals surface area contributed by atoms with E-state index in [1.807, 2.05) is 20.8 Å². The number of hydrogen-bond acceptors (Lipinski definition) is 3. The first-order valence-electron chi connectivity index (χ1n) is 9.95. The molecule has 148 valence electrons. The standard InChI is InChI=1S/C20H33IN2O3/c1-13(18(2,3)12-24)17(26)23-20-7-6-19(20,11-20)9-16(25)22-15-5-4-14(8-15)10-21/h13-15,24H,4-12H2,1-3H3,(H,22,25)(H,23,26)/t13-,14?,15?,19?,20?/m1/s1. The zero-order chi connectivity index (χ0) is 19.2. The highest BCUT2D eigenvalue weighted by molar-refractivity contribution is 14.1. The molecule has 0 bridgehead atoms. The van der Waals surface area contributed by atoms with Crippen LogP contribution in [0.2, 0.25) is 0 Å². The Morgan fingerprint density at radius 1 is 1.31 bits per heavy atom. The number of aliphatic hydroxyl groups excluding tert-OH is 1. The number of nitrogens with one attached hydrogen (secondary N) is 2. The van der Waals surface area contributed by atoms with Crippen LogP contribution in [0.5, 0.6) is 0 Å². The molecule has 3 rings (SSSR count). The SMILES string of the molecule is C[C@H](C(=O)NC12CCC1(CC(=O)NC1CCC(CI)C1)C2)C(C)(C)CO. The minimum absolute atomic E-state index is 0.00622. The van der Waals surface area contributed by atoms with Crippen molar-refractivity contribution in [2.75, 3.05) is 11.0 Å². The summed E-state index contributed by atoms with van der Waals surface area (Å²) in [5.74, 6) is 0.659. The summed E-state index contributed by atoms with van der Waals surface area (Å²) in [4.78, 5) is 25.2. The number of fused-ring (bicyclic) bond motifs is 1. The lowest BCUT2D eigenvalue weighted by atomic mass is 9.75. The quantitative estimate of drug-likeness (QED) is 0.373. The molecule has 6 heteroatoms. The van der Waals surface area contributed by atoms with Gasteiger partial charge in [0.05, 0.1) is 0 Å². The van der Waals surface area contributed by atoms with Crippen LogP contribution in [0.25, 0.3) is 0 Å². The van der Waals surface area contributed by atoms with E-state index in [2.05, 4.69) is 33.2 Å². The van der Waals surface area contributed by atoms with Crippen molar-refractivity contribution in [2.24, 2.45) is 22.7 Å². The van der Waals surface area contributed by atoms with Gasteiger partial charge in [0.1, 0.15) is 0 Å². The summed E-state index contributed by atoms with van der Waals surface area (Å²) in [6.45, 7) is 5.69. The van der Waals surface area contributed by atoms with Gasteiger partial charge in [-0.05, 0) is 49.9 Å². The first-order valence-corrected chi connectivity index (χ1v) is 11.5. The second-order valence-electron chi connectivity index (χ2n) is 9.67. The molecule has 3 fully saturated rings. The number of rotatable bonds is 8. The third kappa shape index (κ3) is 3.64. The summed E-state index contributed by atoms with van der Waals surface area (Å²) in [5, 5.41) is 16.0. The van der Waals surface area contributed by atoms with Gasteiger partial charge in [-0.2, -0.15) is 0 Å². The van der Waals surface area contributed by atoms with Gasteiger partial charge in [0, 0.05) is 40.4 Å². The number of hydrogen-bond donors (Lipinski definition) is 3. The minimum atomic E-state index is -0.433. The number of aliphatic hydroxyl groups is 1. The maximum atomic E-state index is 12.6. The van der Waals surface area contributed by atoms with E-state index in [9.17, 15) is 14.7 Å². The third-order valence-electron chi connectivity index (χ3n) is 7.52. The Balaban J connectivity index is 1.50. The number of carbonyl (C=O) groups is 2. The van der Waals surface area contributed by atoms with E-state index in [-0.39, 0.29) is 35.3 Å². The Morgan fingerprint density at radius 2 is 2.04 bits per heavy atom. The van der Waals surface area contributed by atoms with Crippen LogP contribution < -0.4 is 10.6 Å². The van der Waals surface area contributed by atoms with E-state index in [4.69, 9.17) is 0 Å². The molecule has 0 radical (unpaired) electrons. The Hall–Kier alpha value is -0.370. The lowest BCUT2D eigenvalue weighted by molar-refractivity contribution is -0.132. The highest BCUT2D eigenvalue weighted by atomic mass is 127. The molecule has 0 aromatic heterocycles. The number of amides is 2. The summed E-state index contributed by atoms with van der Waals surface area (Å²) < 4.78 is 1.17. The Labute approximate surface area is 170 Å². The molecule has 2 amide bonds. The van der Waals surface area contributed by atoms with Crippen LogP contribution in [0.15, 0.2) is 0 Å². The van der Waals surface area contributed by atoms with Gasteiger partial charge in [-0.1, -0.05) is 43.4 Å². The summed E-state index contributed by atoms with van der Waals surface area (Å²) >= 11 is 2.43. The third-order valence-corrected chi connectivity index (χ3v) is 8.77. The zero-order valence-corrected chi connectivity index (χ0v) is 18.4. The largest absolute Gasteiger partial charge is 0.396 e. The first-order chi connectivity index (χ1) is 12.2. The number of halogens is 1. The fourth-order valence-corrected chi connectivity index (χ4v) is 5.62. The molecule has 3 N–H and O–H groups in total. The normalized spacial score (nSPS) is 36.7. The summed E-state index contributed by atoms with van der Waals surface area (Å²) in [6.07, 6.45) is 6.89. The van der Waals surface area contributed by atoms with Gasteiger partial charge in [-0.15, -0.1) is 0 Å². The molecule has 3 saturated carbocycles. The molecule has 0 aromatic carbocycles. The number of carbonyl (C=O) groups excluding carboxylic acids is 2. The van der Waals surface area contributed by atoms with Crippen molar-refractivity contribution in [1.82, 2.24) is 10.6 Å². The average molecular weight is 476 g/mol. The predicted octanol–water partition coefficient (Wildman–Crippen LogP) is 2.79. The molecular formula is C20H33IN2O3. The van der Waals surface area contributed by atoms with E-state index in [1.165, 1.54) is 10.8 Å². The number of alkyl halides is 1. The maximum absolute atomic E-state index is 12.6. The molecule has 3 aliphatic rings. The lowest BCUT2D eigenvalue weighted by Gasteiger charge is -2.38. The fraction of sp³-hybridized carbons (Fsp3) is 0.900. The second kappa shape index (κ2) is 7.22. The van der Waals surface area contributed by atoms with E-state index in [0.717, 1.165) is 38.0 Å². The van der Waals surface area contributed by atoms with Crippen molar-refractivity contribution in [3.05, 3.63) is 0 Å². The van der Waals surface area contributed by atoms with E-state index >= 15 is 0 Å². The summed E-state index contributed by atoms with van der Waals surface area (Å²) in [7, 11) is 0. The monoisotopic (exact) mass is 476 g/mol. The molecule has 0 heterocycles. The van der Waals surface area contributed by atoms with Crippen molar-refractivity contribution < 1.29 is 14.7 Å². The molecule has 5 nitrogen and oxygen atoms in total. The fourth-order valence-electron chi connectivity index (χ4n) is 4.82. The van der Waals surface area contributed by atoms with Crippen LogP contribution >= 0.6 is 22.6 Å². The van der Waals surface area contributed by atoms with Gasteiger partial charge in [0.2, 0.25) is 11.8 Å². The molecule has 0 spiro atoms. The average Bonchev–Trinajstić information content (AvgIpc) is 2.94. The van der Waals surface area contributed by atoms with Crippen LogP contribution in [-0.2, 0) is 9.59 Å². The topological polar surface area (TPSA) is 78.4 Å². The molecule has 26 heavy (non-hydrogen) atoms. The van der Waals surface area contributed by atoms with E-state index < -0.39 is 5.41 Å². The van der Waals surface area contributed by atoms with Crippen LogP contribution in [0.4, 0.5) is 0 Å². The molecule has 0 aliphatic heterocycles. The maximum Gasteiger partial charge on any atom is 0.223 e. The molecule has 4 unspecified atom stereocenters. The molecular weight excluding hydrogens is 443 g/mol. The van der Waals surface area contributed by atoms with Crippen molar-refractivity contribution in [1.29, 1.82) is 0 Å². The van der Waals surface area contributed by atoms with Crippen molar-refractivity contribution in [3.8, 4) is 0 Å². The van der Waals surface area contributed by atoms with E-state index in [1.54, 1.807) is 0 Å². The van der Waals surface area contributed by atoms with Crippen LogP contribution in [0, 0.1) is 22.7 Å². The first kappa shape index (κ1) is 20.4. The lowest BCUT2D eigenvalue weighted by Crippen LogP contribution is -2.52. The summed E-state index contributed by atoms with van der Waals surface area (Å²) in [5.41, 5.74) is -0.615. The van der Waals surface area contributed by atoms with Gasteiger partial charge in [-0.3, -0.25) is 9.59 Å². The Kier molecular flexibility index (Phi) is 5.66. The predicted molar refractivity (Wildman–Crippen MR) is 110 cm³/mol. The second-order valence-corrected chi connectivity index (χ2v) is 10.6. The van der Waals surface area contributed by atoms with Crippen LogP contribution in [-0.4, -0.2) is 39.5 Å². The van der Waals surface area contributed by atoms with Crippen LogP contribution in [0.3, 0.4) is 0 Å². The molecule has 5 atom stereocenters. The van der Waals surface area contributed by atoms with Gasteiger partial charge < -0.3 is 15.7 Å². The molecule has 0 saturated heterocycles. The highest BCUT2D eigenvalue weighted by Crippen LogP contribution is 2.72. The molecule has 3 aliphatic carbocycles. The Morgan fingerprint density at radius 3 is 2.58 bits per heavy atom. The van der Waals surface area contributed by atoms with Crippen molar-refractivity contribution in [3.63, 3.8) is 0 Å². The van der Waals surface area contributed by atoms with Gasteiger partial charge >= 0.3 is 0 Å². The zero-order valence-electron chi connectivity index (χ0n) is 16.2. The summed E-state index contributed by atoms with van der Waals surface area (Å²) in [6, 6.07) is 0.340. The van der Waals surface area contributed by atoms with Gasteiger partial charge in [-0.25, -0.2) is 0 Å². The highest BCUT2D eigenvalue weighted by Gasteiger charge is 2.75. The van der Waals surface area contributed by atoms with Gasteiger partial charge in [0.25, 0.3) is 0 Å². The molecule has 0 aromatic rings. The van der Waals surface area contributed by atoms with Crippen molar-refractivity contribution in [2.45, 2.75) is 77.3 Å². The van der Waals surface area contributed by atoms with Crippen LogP contribution in [0.1, 0.15) is 65.7 Å². The van der Waals surface area contributed by atoms with Gasteiger partial charge in [0.15, 0.2) is 0 Å². The smallest absolute Gasteiger partial charge is 0.223 e.